The minimum Gasteiger partial charge on any atom is -0.342 e. The van der Waals surface area contributed by atoms with Crippen LogP contribution in [0.25, 0.3) is 0 Å². The van der Waals surface area contributed by atoms with Crippen LogP contribution >= 0.6 is 0 Å². The molecule has 0 saturated carbocycles. The van der Waals surface area contributed by atoms with E-state index in [9.17, 15) is 9.59 Å². The van der Waals surface area contributed by atoms with E-state index >= 15 is 0 Å². The molecule has 5 heteroatoms. The molecule has 0 bridgehead atoms. The number of likely N-dealkylation sites (N-methyl/N-ethyl adjacent to an activating group) is 1. The van der Waals surface area contributed by atoms with Gasteiger partial charge in [-0.05, 0) is 43.4 Å². The van der Waals surface area contributed by atoms with Gasteiger partial charge >= 0.3 is 6.03 Å². The zero-order chi connectivity index (χ0) is 18.0. The van der Waals surface area contributed by atoms with E-state index in [1.54, 1.807) is 16.8 Å². The first kappa shape index (κ1) is 18.3. The first-order chi connectivity index (χ1) is 11.2. The molecule has 1 aliphatic heterocycles. The summed E-state index contributed by atoms with van der Waals surface area (Å²) in [5, 5.41) is 3.01. The average molecular weight is 331 g/mol. The highest BCUT2D eigenvalue weighted by molar-refractivity contribution is 5.88. The van der Waals surface area contributed by atoms with Crippen molar-refractivity contribution in [2.45, 2.75) is 47.2 Å². The molecule has 0 radical (unpaired) electrons. The third-order valence-corrected chi connectivity index (χ3v) is 4.79. The SMILES string of the molecule is Cc1cc(C)c(CNC(=O)N2CCN(C)C(=O)C2C(C)C)c(C)c1. The number of rotatable bonds is 3. The maximum Gasteiger partial charge on any atom is 0.318 e. The zero-order valence-corrected chi connectivity index (χ0v) is 15.6. The highest BCUT2D eigenvalue weighted by Crippen LogP contribution is 2.19. The van der Waals surface area contributed by atoms with Crippen LogP contribution in [0.3, 0.4) is 0 Å². The second-order valence-electron chi connectivity index (χ2n) is 7.18. The Morgan fingerprint density at radius 3 is 2.33 bits per heavy atom. The van der Waals surface area contributed by atoms with E-state index in [-0.39, 0.29) is 23.9 Å². The highest BCUT2D eigenvalue weighted by Gasteiger charge is 2.37. The molecule has 24 heavy (non-hydrogen) atoms. The number of nitrogens with zero attached hydrogens (tertiary/aromatic N) is 2. The Hall–Kier alpha value is -2.04. The summed E-state index contributed by atoms with van der Waals surface area (Å²) in [6.45, 7) is 11.8. The van der Waals surface area contributed by atoms with Gasteiger partial charge < -0.3 is 15.1 Å². The van der Waals surface area contributed by atoms with Crippen LogP contribution in [0.4, 0.5) is 4.79 Å². The fourth-order valence-electron chi connectivity index (χ4n) is 3.49. The van der Waals surface area contributed by atoms with Gasteiger partial charge in [0.05, 0.1) is 0 Å². The molecule has 1 saturated heterocycles. The van der Waals surface area contributed by atoms with Crippen molar-refractivity contribution in [3.8, 4) is 0 Å². The summed E-state index contributed by atoms with van der Waals surface area (Å²) in [5.74, 6) is 0.114. The van der Waals surface area contributed by atoms with Gasteiger partial charge in [0, 0.05) is 26.7 Å². The summed E-state index contributed by atoms with van der Waals surface area (Å²) >= 11 is 0. The van der Waals surface area contributed by atoms with Crippen molar-refractivity contribution in [3.05, 3.63) is 34.4 Å². The van der Waals surface area contributed by atoms with E-state index in [2.05, 4.69) is 38.2 Å². The van der Waals surface area contributed by atoms with Gasteiger partial charge in [-0.15, -0.1) is 0 Å². The molecule has 5 nitrogen and oxygen atoms in total. The fraction of sp³-hybridized carbons (Fsp3) is 0.579. The number of urea groups is 1. The number of benzene rings is 1. The summed E-state index contributed by atoms with van der Waals surface area (Å²) in [6, 6.07) is 3.72. The molecular weight excluding hydrogens is 302 g/mol. The Morgan fingerprint density at radius 1 is 1.21 bits per heavy atom. The highest BCUT2D eigenvalue weighted by atomic mass is 16.2. The van der Waals surface area contributed by atoms with Crippen LogP contribution in [0.5, 0.6) is 0 Å². The van der Waals surface area contributed by atoms with Crippen LogP contribution in [0.15, 0.2) is 12.1 Å². The molecule has 0 spiro atoms. The minimum absolute atomic E-state index is 0.0223. The van der Waals surface area contributed by atoms with Crippen LogP contribution in [0.2, 0.25) is 0 Å². The van der Waals surface area contributed by atoms with Gasteiger partial charge in [-0.25, -0.2) is 4.79 Å². The zero-order valence-electron chi connectivity index (χ0n) is 15.6. The third-order valence-electron chi connectivity index (χ3n) is 4.79. The Balaban J connectivity index is 2.10. The van der Waals surface area contributed by atoms with Crippen molar-refractivity contribution in [1.29, 1.82) is 0 Å². The standard InChI is InChI=1S/C19H29N3O2/c1-12(2)17-18(23)21(6)7-8-22(17)19(24)20-11-16-14(4)9-13(3)10-15(16)5/h9-10,12,17H,7-8,11H2,1-6H3,(H,20,24). The summed E-state index contributed by atoms with van der Waals surface area (Å²) in [7, 11) is 1.80. The molecule has 1 heterocycles. The van der Waals surface area contributed by atoms with Gasteiger partial charge in [0.2, 0.25) is 5.91 Å². The average Bonchev–Trinajstić information content (AvgIpc) is 2.48. The number of amides is 3. The van der Waals surface area contributed by atoms with E-state index in [4.69, 9.17) is 0 Å². The molecule has 0 aromatic heterocycles. The lowest BCUT2D eigenvalue weighted by atomic mass is 9.99. The van der Waals surface area contributed by atoms with E-state index in [1.807, 2.05) is 13.8 Å². The van der Waals surface area contributed by atoms with E-state index in [0.29, 0.717) is 19.6 Å². The molecule has 1 aromatic rings. The Kier molecular flexibility index (Phi) is 5.52. The van der Waals surface area contributed by atoms with E-state index in [1.165, 1.54) is 16.7 Å². The lowest BCUT2D eigenvalue weighted by Gasteiger charge is -2.41. The summed E-state index contributed by atoms with van der Waals surface area (Å²) in [5.41, 5.74) is 4.74. The number of nitrogens with one attached hydrogen (secondary N) is 1. The monoisotopic (exact) mass is 331 g/mol. The molecule has 1 N–H and O–H groups in total. The molecule has 1 aliphatic rings. The molecule has 0 aliphatic carbocycles. The maximum absolute atomic E-state index is 12.7. The van der Waals surface area contributed by atoms with E-state index in [0.717, 1.165) is 5.56 Å². The second kappa shape index (κ2) is 7.24. The molecule has 1 unspecified atom stereocenters. The molecular formula is C19H29N3O2. The van der Waals surface area contributed by atoms with Crippen LogP contribution in [0.1, 0.15) is 36.1 Å². The van der Waals surface area contributed by atoms with Crippen LogP contribution < -0.4 is 5.32 Å². The molecule has 1 aromatic carbocycles. The lowest BCUT2D eigenvalue weighted by Crippen LogP contribution is -2.61. The molecule has 3 amide bonds. The van der Waals surface area contributed by atoms with Gasteiger partial charge in [0.15, 0.2) is 0 Å². The van der Waals surface area contributed by atoms with Crippen LogP contribution in [-0.2, 0) is 11.3 Å². The fourth-order valence-corrected chi connectivity index (χ4v) is 3.49. The smallest absolute Gasteiger partial charge is 0.318 e. The number of aryl methyl sites for hydroxylation is 3. The van der Waals surface area contributed by atoms with Gasteiger partial charge in [-0.3, -0.25) is 4.79 Å². The number of carbonyl (C=O) groups is 2. The topological polar surface area (TPSA) is 52.7 Å². The number of hydrogen-bond acceptors (Lipinski definition) is 2. The summed E-state index contributed by atoms with van der Waals surface area (Å²) < 4.78 is 0. The van der Waals surface area contributed by atoms with Crippen LogP contribution in [0, 0.1) is 26.7 Å². The minimum atomic E-state index is -0.385. The van der Waals surface area contributed by atoms with Gasteiger partial charge in [-0.1, -0.05) is 31.5 Å². The molecule has 1 atom stereocenters. The first-order valence-electron chi connectivity index (χ1n) is 8.58. The molecule has 2 rings (SSSR count). The van der Waals surface area contributed by atoms with Gasteiger partial charge in [0.25, 0.3) is 0 Å². The van der Waals surface area contributed by atoms with Crippen LogP contribution in [-0.4, -0.2) is 47.9 Å². The van der Waals surface area contributed by atoms with E-state index < -0.39 is 0 Å². The summed E-state index contributed by atoms with van der Waals surface area (Å²) in [6.07, 6.45) is 0. The lowest BCUT2D eigenvalue weighted by molar-refractivity contribution is -0.140. The van der Waals surface area contributed by atoms with Crippen molar-refractivity contribution >= 4 is 11.9 Å². The first-order valence-corrected chi connectivity index (χ1v) is 8.58. The number of carbonyl (C=O) groups excluding carboxylic acids is 2. The number of hydrogen-bond donors (Lipinski definition) is 1. The molecule has 132 valence electrons. The maximum atomic E-state index is 12.7. The van der Waals surface area contributed by atoms with Gasteiger partial charge in [0.1, 0.15) is 6.04 Å². The third kappa shape index (κ3) is 3.71. The quantitative estimate of drug-likeness (QED) is 0.926. The van der Waals surface area contributed by atoms with Crippen molar-refractivity contribution < 1.29 is 9.59 Å². The normalized spacial score (nSPS) is 18.3. The van der Waals surface area contributed by atoms with Crippen molar-refractivity contribution in [2.75, 3.05) is 20.1 Å². The summed E-state index contributed by atoms with van der Waals surface area (Å²) in [4.78, 5) is 28.5. The Morgan fingerprint density at radius 2 is 1.79 bits per heavy atom. The largest absolute Gasteiger partial charge is 0.342 e. The predicted octanol–water partition coefficient (Wildman–Crippen LogP) is 2.62. The Labute approximate surface area is 145 Å². The van der Waals surface area contributed by atoms with Crippen molar-refractivity contribution in [3.63, 3.8) is 0 Å². The predicted molar refractivity (Wildman–Crippen MR) is 95.9 cm³/mol. The number of piperazine rings is 1. The van der Waals surface area contributed by atoms with Gasteiger partial charge in [-0.2, -0.15) is 0 Å². The van der Waals surface area contributed by atoms with Crippen molar-refractivity contribution in [2.24, 2.45) is 5.92 Å². The molecule has 1 fully saturated rings. The Bertz CT molecular complexity index is 616. The second-order valence-corrected chi connectivity index (χ2v) is 7.18. The van der Waals surface area contributed by atoms with Crippen molar-refractivity contribution in [1.82, 2.24) is 15.1 Å².